The molecule has 0 aliphatic heterocycles. The van der Waals surface area contributed by atoms with Crippen LogP contribution in [0.3, 0.4) is 0 Å². The molecular formula is C81H136O17P2. The third-order valence-corrected chi connectivity index (χ3v) is 17.5. The Labute approximate surface area is 605 Å². The number of rotatable bonds is 71. The summed E-state index contributed by atoms with van der Waals surface area (Å²) in [6, 6.07) is 0. The Hall–Kier alpha value is -4.80. The zero-order valence-electron chi connectivity index (χ0n) is 62.3. The molecule has 0 saturated carbocycles. The van der Waals surface area contributed by atoms with Crippen molar-refractivity contribution in [2.45, 2.75) is 316 Å². The second kappa shape index (κ2) is 72.5. The quantitative estimate of drug-likeness (QED) is 0.0169. The van der Waals surface area contributed by atoms with Gasteiger partial charge in [-0.25, -0.2) is 9.13 Å². The molecule has 3 N–H and O–H groups in total. The number of unbranched alkanes of at least 4 members (excludes halogenated alkanes) is 23. The number of phosphoric ester groups is 2. The Morgan fingerprint density at radius 3 is 0.830 bits per heavy atom. The smallest absolute Gasteiger partial charge is 0.462 e. The van der Waals surface area contributed by atoms with Gasteiger partial charge in [0.1, 0.15) is 19.3 Å². The van der Waals surface area contributed by atoms with Gasteiger partial charge in [-0.05, 0) is 148 Å². The minimum absolute atomic E-state index is 0.0725. The average molecular weight is 1440 g/mol. The predicted molar refractivity (Wildman–Crippen MR) is 408 cm³/mol. The van der Waals surface area contributed by atoms with Gasteiger partial charge in [0.05, 0.1) is 26.4 Å². The highest BCUT2D eigenvalue weighted by molar-refractivity contribution is 7.47. The van der Waals surface area contributed by atoms with Gasteiger partial charge in [0.2, 0.25) is 0 Å². The number of esters is 4. The van der Waals surface area contributed by atoms with Gasteiger partial charge in [-0.15, -0.1) is 0 Å². The van der Waals surface area contributed by atoms with Gasteiger partial charge >= 0.3 is 39.5 Å². The van der Waals surface area contributed by atoms with Crippen molar-refractivity contribution in [1.29, 1.82) is 0 Å². The van der Waals surface area contributed by atoms with E-state index in [4.69, 9.17) is 37.0 Å². The number of aliphatic hydroxyl groups is 1. The SMILES string of the molecule is CC/C=C\C/C=C\C/C=C\C/C=C\CCCCC(=O)OCC(COP(=O)(O)OCC(O)COP(=O)(O)OCC(COC(=O)CCCCCCCCC/C=C\C/C=C\C/C=C\CC)OC(=O)CCCCCCCCC/C=C\C/C=C\C/C=C\CC)OC(=O)CCCCCCC/C=C\CCCC. The molecule has 0 aliphatic rings. The zero-order valence-corrected chi connectivity index (χ0v) is 64.1. The highest BCUT2D eigenvalue weighted by Crippen LogP contribution is 2.45. The Morgan fingerprint density at radius 2 is 0.520 bits per heavy atom. The van der Waals surface area contributed by atoms with Crippen molar-refractivity contribution < 1.29 is 80.2 Å². The Bertz CT molecular complexity index is 2420. The van der Waals surface area contributed by atoms with Crippen molar-refractivity contribution in [2.75, 3.05) is 39.6 Å². The maximum atomic E-state index is 13.1. The second-order valence-corrected chi connectivity index (χ2v) is 28.1. The molecule has 0 radical (unpaired) electrons. The van der Waals surface area contributed by atoms with Crippen molar-refractivity contribution in [3.8, 4) is 0 Å². The van der Waals surface area contributed by atoms with Crippen LogP contribution in [-0.4, -0.2) is 96.7 Å². The van der Waals surface area contributed by atoms with Crippen LogP contribution in [0.25, 0.3) is 0 Å². The molecule has 0 heterocycles. The van der Waals surface area contributed by atoms with Crippen LogP contribution in [0.2, 0.25) is 0 Å². The summed E-state index contributed by atoms with van der Waals surface area (Å²) in [6.07, 6.45) is 80.2. The summed E-state index contributed by atoms with van der Waals surface area (Å²) in [5.74, 6) is -2.25. The molecule has 0 aliphatic carbocycles. The van der Waals surface area contributed by atoms with Crippen LogP contribution in [0.1, 0.15) is 297 Å². The molecule has 0 rings (SSSR count). The minimum atomic E-state index is -4.99. The molecule has 0 aromatic heterocycles. The molecule has 17 nitrogen and oxygen atoms in total. The third-order valence-electron chi connectivity index (χ3n) is 15.6. The molecule has 0 fully saturated rings. The van der Waals surface area contributed by atoms with Crippen molar-refractivity contribution >= 4 is 39.5 Å². The van der Waals surface area contributed by atoms with E-state index in [-0.39, 0.29) is 25.7 Å². The molecule has 0 bridgehead atoms. The summed E-state index contributed by atoms with van der Waals surface area (Å²) in [4.78, 5) is 72.9. The first-order valence-corrected chi connectivity index (χ1v) is 41.4. The topological polar surface area (TPSA) is 237 Å². The molecule has 5 atom stereocenters. The number of hydrogen-bond donors (Lipinski definition) is 3. The second-order valence-electron chi connectivity index (χ2n) is 25.1. The summed E-state index contributed by atoms with van der Waals surface area (Å²) < 4.78 is 68.4. The van der Waals surface area contributed by atoms with Gasteiger partial charge < -0.3 is 33.8 Å². The first-order valence-electron chi connectivity index (χ1n) is 38.4. The van der Waals surface area contributed by atoms with E-state index in [1.165, 1.54) is 12.8 Å². The fourth-order valence-corrected chi connectivity index (χ4v) is 11.4. The summed E-state index contributed by atoms with van der Waals surface area (Å²) in [7, 11) is -9.97. The van der Waals surface area contributed by atoms with Crippen molar-refractivity contribution in [1.82, 2.24) is 0 Å². The fraction of sp³-hybridized carbons (Fsp3) is 0.679. The van der Waals surface area contributed by atoms with E-state index in [9.17, 15) is 43.2 Å². The monoisotopic (exact) mass is 1440 g/mol. The number of aliphatic hydroxyl groups excluding tert-OH is 1. The van der Waals surface area contributed by atoms with Gasteiger partial charge in [0.15, 0.2) is 12.2 Å². The number of allylic oxidation sites excluding steroid dienone is 22. The Balaban J connectivity index is 5.38. The van der Waals surface area contributed by atoms with E-state index in [2.05, 4.69) is 161 Å². The fourth-order valence-electron chi connectivity index (χ4n) is 9.81. The standard InChI is InChI=1S/C81H136O17P2/c1-5-9-13-17-21-25-29-32-35-37-40-43-47-50-54-58-62-66-79(84)92-72-77(98-81(86)68-64-60-56-52-48-44-41-38-36-33-30-26-22-18-14-10-6-2)74-96-100(89,90)94-70-75(82)69-93-99(87,88)95-73-76(97-80(85)67-63-59-55-51-45-28-24-20-16-12-8-4)71-91-78(83)65-61-57-53-49-46-42-39-34-31-27-23-19-15-11-7-3/h9-11,13-15,20-27,32-36,39,46,49,75-77,82H,5-8,12,16-19,28-31,37-38,40-45,47-48,50-74H2,1-4H3,(H,87,88)(H,89,90)/b13-9-,14-10-,15-11-,24-20-,25-21-,26-22-,27-23-,35-32-,36-33-,39-34-,49-46-. The molecule has 572 valence electrons. The van der Waals surface area contributed by atoms with Crippen LogP contribution >= 0.6 is 15.6 Å². The average Bonchev–Trinajstić information content (AvgIpc) is 1.07. The van der Waals surface area contributed by atoms with Gasteiger partial charge in [0, 0.05) is 25.7 Å². The zero-order chi connectivity index (χ0) is 73.2. The van der Waals surface area contributed by atoms with Crippen molar-refractivity contribution in [3.05, 3.63) is 134 Å². The van der Waals surface area contributed by atoms with E-state index < -0.39 is 97.5 Å². The third kappa shape index (κ3) is 71.6. The largest absolute Gasteiger partial charge is 0.472 e. The Morgan fingerprint density at radius 1 is 0.290 bits per heavy atom. The van der Waals surface area contributed by atoms with E-state index in [1.807, 2.05) is 0 Å². The lowest BCUT2D eigenvalue weighted by Crippen LogP contribution is -2.30. The number of hydrogen-bond acceptors (Lipinski definition) is 15. The molecule has 0 aromatic rings. The number of carbonyl (C=O) groups excluding carboxylic acids is 4. The van der Waals surface area contributed by atoms with Gasteiger partial charge in [0.25, 0.3) is 0 Å². The summed E-state index contributed by atoms with van der Waals surface area (Å²) in [5, 5.41) is 10.6. The van der Waals surface area contributed by atoms with Gasteiger partial charge in [-0.3, -0.25) is 37.3 Å². The maximum Gasteiger partial charge on any atom is 0.472 e. The molecule has 0 spiro atoms. The summed E-state index contributed by atoms with van der Waals surface area (Å²) in [5.41, 5.74) is 0. The minimum Gasteiger partial charge on any atom is -0.462 e. The van der Waals surface area contributed by atoms with Crippen LogP contribution < -0.4 is 0 Å². The molecule has 0 aromatic carbocycles. The lowest BCUT2D eigenvalue weighted by atomic mass is 10.1. The highest BCUT2D eigenvalue weighted by Gasteiger charge is 2.30. The molecule has 0 saturated heterocycles. The highest BCUT2D eigenvalue weighted by atomic mass is 31.2. The van der Waals surface area contributed by atoms with Crippen LogP contribution in [0, 0.1) is 0 Å². The van der Waals surface area contributed by atoms with Gasteiger partial charge in [-0.2, -0.15) is 0 Å². The number of carbonyl (C=O) groups is 4. The predicted octanol–water partition coefficient (Wildman–Crippen LogP) is 22.1. The molecule has 19 heteroatoms. The van der Waals surface area contributed by atoms with Crippen LogP contribution in [-0.2, 0) is 65.4 Å². The molecule has 5 unspecified atom stereocenters. The molecule has 0 amide bonds. The first kappa shape index (κ1) is 95.2. The van der Waals surface area contributed by atoms with Crippen LogP contribution in [0.5, 0.6) is 0 Å². The van der Waals surface area contributed by atoms with E-state index >= 15 is 0 Å². The molecule has 100 heavy (non-hydrogen) atoms. The number of phosphoric acid groups is 2. The summed E-state index contributed by atoms with van der Waals surface area (Å²) >= 11 is 0. The lowest BCUT2D eigenvalue weighted by Gasteiger charge is -2.21. The van der Waals surface area contributed by atoms with Crippen LogP contribution in [0.4, 0.5) is 0 Å². The lowest BCUT2D eigenvalue weighted by molar-refractivity contribution is -0.161. The first-order chi connectivity index (χ1) is 48.7. The van der Waals surface area contributed by atoms with E-state index in [0.29, 0.717) is 25.7 Å². The van der Waals surface area contributed by atoms with E-state index in [1.54, 1.807) is 0 Å². The van der Waals surface area contributed by atoms with Gasteiger partial charge in [-0.1, -0.05) is 258 Å². The normalized spacial score (nSPS) is 14.7. The Kier molecular flexibility index (Phi) is 69.1. The van der Waals surface area contributed by atoms with E-state index in [0.717, 1.165) is 205 Å². The van der Waals surface area contributed by atoms with Crippen molar-refractivity contribution in [3.63, 3.8) is 0 Å². The molecular weight excluding hydrogens is 1310 g/mol. The van der Waals surface area contributed by atoms with Crippen LogP contribution in [0.15, 0.2) is 134 Å². The maximum absolute atomic E-state index is 13.1. The number of ether oxygens (including phenoxy) is 4. The summed E-state index contributed by atoms with van der Waals surface area (Å²) in [6.45, 7) is 4.42. The van der Waals surface area contributed by atoms with Crippen molar-refractivity contribution in [2.24, 2.45) is 0 Å².